The van der Waals surface area contributed by atoms with E-state index in [1.165, 1.54) is 0 Å². The molecule has 0 saturated heterocycles. The van der Waals surface area contributed by atoms with Crippen LogP contribution in [0.1, 0.15) is 55.4 Å². The van der Waals surface area contributed by atoms with Crippen LogP contribution in [0.25, 0.3) is 0 Å². The Labute approximate surface area is 157 Å². The van der Waals surface area contributed by atoms with E-state index < -0.39 is 39.8 Å². The second kappa shape index (κ2) is 6.16. The highest BCUT2D eigenvalue weighted by molar-refractivity contribution is 7.17. The number of ether oxygens (including phenoxy) is 1. The molecule has 0 spiro atoms. The predicted octanol–water partition coefficient (Wildman–Crippen LogP) is 2.47. The van der Waals surface area contributed by atoms with Gasteiger partial charge in [0.2, 0.25) is 5.60 Å². The van der Waals surface area contributed by atoms with Gasteiger partial charge in [0.1, 0.15) is 5.00 Å². The molecule has 0 unspecified atom stereocenters. The fraction of sp³-hybridized carbons (Fsp3) is 0.625. The summed E-state index contributed by atoms with van der Waals surface area (Å²) in [5, 5.41) is 18.9. The molecule has 0 aromatic carbocycles. The molecule has 0 radical (unpaired) electrons. The Morgan fingerprint density at radius 2 is 1.78 bits per heavy atom. The number of anilines is 1. The lowest BCUT2D eigenvalue weighted by Gasteiger charge is -2.41. The lowest BCUT2D eigenvalue weighted by molar-refractivity contribution is -0.246. The van der Waals surface area contributed by atoms with Crippen molar-refractivity contribution in [3.05, 3.63) is 16.0 Å². The summed E-state index contributed by atoms with van der Waals surface area (Å²) in [6.45, 7) is 7.11. The summed E-state index contributed by atoms with van der Waals surface area (Å²) in [4.78, 5) is 24.6. The van der Waals surface area contributed by atoms with E-state index in [9.17, 15) is 33.1 Å². The van der Waals surface area contributed by atoms with Gasteiger partial charge in [0.05, 0.1) is 16.8 Å². The SMILES string of the molecule is CC1(C)Cc2c(sc(N(O)C(=O)[C@](C)(O)C(F)(F)F)c2C(N)=O)C(C)(C)O1. The molecule has 2 heterocycles. The molecule has 27 heavy (non-hydrogen) atoms. The number of carbonyl (C=O) groups excluding carboxylic acids is 2. The number of hydrogen-bond donors (Lipinski definition) is 3. The summed E-state index contributed by atoms with van der Waals surface area (Å²) in [5.41, 5.74) is -0.0129. The molecule has 1 aromatic rings. The molecule has 1 aliphatic rings. The number of fused-ring (bicyclic) bond motifs is 1. The number of halogens is 3. The monoisotopic (exact) mass is 410 g/mol. The van der Waals surface area contributed by atoms with Crippen molar-refractivity contribution in [2.24, 2.45) is 5.73 Å². The number of rotatable bonds is 3. The number of alkyl halides is 3. The van der Waals surface area contributed by atoms with Crippen molar-refractivity contribution < 1.29 is 37.8 Å². The van der Waals surface area contributed by atoms with E-state index in [1.54, 1.807) is 27.7 Å². The maximum absolute atomic E-state index is 13.0. The van der Waals surface area contributed by atoms with Crippen LogP contribution in [0.3, 0.4) is 0 Å². The van der Waals surface area contributed by atoms with Crippen molar-refractivity contribution in [2.45, 2.75) is 64.0 Å². The number of amides is 2. The Hall–Kier alpha value is -1.69. The minimum Gasteiger partial charge on any atom is -0.373 e. The standard InChI is InChI=1S/C16H21F3N2O5S/c1-13(2)6-7-8(10(20)22)11(27-9(7)14(3,4)26-13)21(25)12(23)15(5,24)16(17,18)19/h24-25H,6H2,1-5H3,(H2,20,22)/t15-/m0/s1. The molecular weight excluding hydrogens is 389 g/mol. The molecule has 2 rings (SSSR count). The van der Waals surface area contributed by atoms with Gasteiger partial charge in [-0.15, -0.1) is 11.3 Å². The summed E-state index contributed by atoms with van der Waals surface area (Å²) in [7, 11) is 0. The number of hydroxylamine groups is 1. The Balaban J connectivity index is 2.65. The Kier molecular flexibility index (Phi) is 4.93. The van der Waals surface area contributed by atoms with E-state index in [-0.39, 0.29) is 24.0 Å². The third kappa shape index (κ3) is 3.56. The number of carbonyl (C=O) groups is 2. The topological polar surface area (TPSA) is 113 Å². The predicted molar refractivity (Wildman–Crippen MR) is 90.7 cm³/mol. The van der Waals surface area contributed by atoms with Crippen LogP contribution in [0.5, 0.6) is 0 Å². The lowest BCUT2D eigenvalue weighted by Crippen LogP contribution is -2.55. The zero-order valence-corrected chi connectivity index (χ0v) is 16.2. The molecule has 152 valence electrons. The van der Waals surface area contributed by atoms with Gasteiger partial charge in [-0.1, -0.05) is 0 Å². The first-order chi connectivity index (χ1) is 11.9. The molecule has 1 aliphatic heterocycles. The van der Waals surface area contributed by atoms with Gasteiger partial charge in [-0.25, -0.2) is 0 Å². The van der Waals surface area contributed by atoms with Crippen LogP contribution in [0, 0.1) is 0 Å². The zero-order chi connectivity index (χ0) is 21.2. The second-order valence-electron chi connectivity index (χ2n) is 7.69. The van der Waals surface area contributed by atoms with Crippen molar-refractivity contribution in [3.63, 3.8) is 0 Å². The van der Waals surface area contributed by atoms with Crippen LogP contribution < -0.4 is 10.8 Å². The smallest absolute Gasteiger partial charge is 0.373 e. The molecule has 0 saturated carbocycles. The van der Waals surface area contributed by atoms with Gasteiger partial charge in [-0.05, 0) is 40.2 Å². The van der Waals surface area contributed by atoms with Gasteiger partial charge in [0.15, 0.2) is 0 Å². The van der Waals surface area contributed by atoms with Crippen molar-refractivity contribution in [1.29, 1.82) is 0 Å². The largest absolute Gasteiger partial charge is 0.426 e. The lowest BCUT2D eigenvalue weighted by atomic mass is 9.86. The van der Waals surface area contributed by atoms with E-state index in [2.05, 4.69) is 0 Å². The molecule has 4 N–H and O–H groups in total. The van der Waals surface area contributed by atoms with E-state index in [0.29, 0.717) is 21.8 Å². The van der Waals surface area contributed by atoms with Crippen molar-refractivity contribution in [3.8, 4) is 0 Å². The van der Waals surface area contributed by atoms with Crippen LogP contribution in [-0.4, -0.2) is 39.5 Å². The maximum Gasteiger partial charge on any atom is 0.426 e. The van der Waals surface area contributed by atoms with Gasteiger partial charge < -0.3 is 15.6 Å². The van der Waals surface area contributed by atoms with E-state index in [4.69, 9.17) is 10.5 Å². The quantitative estimate of drug-likeness (QED) is 0.523. The summed E-state index contributed by atoms with van der Waals surface area (Å²) in [6, 6.07) is 0. The second-order valence-corrected chi connectivity index (χ2v) is 8.69. The Bertz CT molecular complexity index is 799. The number of nitrogens with two attached hydrogens (primary N) is 1. The average molecular weight is 410 g/mol. The highest BCUT2D eigenvalue weighted by atomic mass is 32.1. The molecule has 0 bridgehead atoms. The zero-order valence-electron chi connectivity index (χ0n) is 15.4. The van der Waals surface area contributed by atoms with Gasteiger partial charge >= 0.3 is 6.18 Å². The van der Waals surface area contributed by atoms with Crippen LogP contribution in [-0.2, 0) is 21.6 Å². The van der Waals surface area contributed by atoms with Crippen LogP contribution >= 0.6 is 11.3 Å². The summed E-state index contributed by atoms with van der Waals surface area (Å²) < 4.78 is 44.8. The number of hydrogen-bond acceptors (Lipinski definition) is 6. The van der Waals surface area contributed by atoms with Gasteiger partial charge in [0.25, 0.3) is 11.8 Å². The normalized spacial score (nSPS) is 20.5. The first-order valence-corrected chi connectivity index (χ1v) is 8.72. The van der Waals surface area contributed by atoms with E-state index in [1.807, 2.05) is 0 Å². The van der Waals surface area contributed by atoms with Crippen LogP contribution in [0.15, 0.2) is 0 Å². The first-order valence-electron chi connectivity index (χ1n) is 7.91. The van der Waals surface area contributed by atoms with Gasteiger partial charge in [-0.3, -0.25) is 14.8 Å². The fourth-order valence-electron chi connectivity index (χ4n) is 3.13. The number of aliphatic hydroxyl groups is 1. The molecule has 0 fully saturated rings. The van der Waals surface area contributed by atoms with Crippen LogP contribution in [0.4, 0.5) is 18.2 Å². The Morgan fingerprint density at radius 3 is 2.22 bits per heavy atom. The molecule has 2 amide bonds. The molecule has 1 aromatic heterocycles. The summed E-state index contributed by atoms with van der Waals surface area (Å²) >= 11 is 0.712. The van der Waals surface area contributed by atoms with Crippen molar-refractivity contribution in [2.75, 3.05) is 5.06 Å². The first kappa shape index (κ1) is 21.6. The number of thiophene rings is 1. The highest BCUT2D eigenvalue weighted by Gasteiger charge is 2.58. The minimum atomic E-state index is -5.33. The molecule has 11 heteroatoms. The van der Waals surface area contributed by atoms with E-state index in [0.717, 1.165) is 0 Å². The summed E-state index contributed by atoms with van der Waals surface area (Å²) in [5.74, 6) is -3.07. The van der Waals surface area contributed by atoms with Crippen molar-refractivity contribution in [1.82, 2.24) is 0 Å². The Morgan fingerprint density at radius 1 is 1.26 bits per heavy atom. The molecular formula is C16H21F3N2O5S. The fourth-order valence-corrected chi connectivity index (χ4v) is 4.40. The summed E-state index contributed by atoms with van der Waals surface area (Å²) in [6.07, 6.45) is -5.14. The highest BCUT2D eigenvalue weighted by Crippen LogP contribution is 2.49. The molecule has 7 nitrogen and oxygen atoms in total. The molecule has 1 atom stereocenters. The minimum absolute atomic E-state index is 0.193. The van der Waals surface area contributed by atoms with Crippen molar-refractivity contribution >= 4 is 28.2 Å². The van der Waals surface area contributed by atoms with Crippen LogP contribution in [0.2, 0.25) is 0 Å². The molecule has 0 aliphatic carbocycles. The van der Waals surface area contributed by atoms with Gasteiger partial charge in [0, 0.05) is 11.3 Å². The average Bonchev–Trinajstić information content (AvgIpc) is 2.82. The number of primary amides is 1. The number of nitrogens with zero attached hydrogens (tertiary/aromatic N) is 1. The third-order valence-electron chi connectivity index (χ3n) is 4.27. The third-order valence-corrected chi connectivity index (χ3v) is 5.78. The maximum atomic E-state index is 13.0. The van der Waals surface area contributed by atoms with Gasteiger partial charge in [-0.2, -0.15) is 18.2 Å². The van der Waals surface area contributed by atoms with E-state index >= 15 is 0 Å².